The number of primary amides is 1. The van der Waals surface area contributed by atoms with Gasteiger partial charge in [-0.05, 0) is 66.6 Å². The van der Waals surface area contributed by atoms with Crippen molar-refractivity contribution >= 4 is 34.9 Å². The lowest BCUT2D eigenvalue weighted by Gasteiger charge is -2.14. The lowest BCUT2D eigenvalue weighted by atomic mass is 10.1. The maximum Gasteiger partial charge on any atom is 0.293 e. The summed E-state index contributed by atoms with van der Waals surface area (Å²) < 4.78 is 11.0. The van der Waals surface area contributed by atoms with Crippen molar-refractivity contribution in [2.45, 2.75) is 13.8 Å². The number of rotatable bonds is 8. The topological polar surface area (TPSA) is 98.9 Å². The highest BCUT2D eigenvalue weighted by molar-refractivity contribution is 8.18. The molecule has 1 heterocycles. The second-order valence-corrected chi connectivity index (χ2v) is 7.77. The number of amides is 3. The third-order valence-electron chi connectivity index (χ3n) is 4.35. The van der Waals surface area contributed by atoms with Crippen LogP contribution in [0.1, 0.15) is 16.7 Å². The minimum atomic E-state index is -0.561. The molecular formula is C22H22N2O5S. The molecule has 1 aliphatic rings. The number of benzene rings is 2. The SMILES string of the molecule is Cc1ccc(C)c(OCCN2C(=O)S/C(=C\c3ccc(OCC(N)=O)cc3)C2=O)c1. The van der Waals surface area contributed by atoms with Gasteiger partial charge in [-0.15, -0.1) is 0 Å². The smallest absolute Gasteiger partial charge is 0.293 e. The quantitative estimate of drug-likeness (QED) is 0.651. The number of imide groups is 1. The first-order chi connectivity index (χ1) is 14.3. The Morgan fingerprint density at radius 1 is 1.10 bits per heavy atom. The summed E-state index contributed by atoms with van der Waals surface area (Å²) in [5.41, 5.74) is 7.86. The van der Waals surface area contributed by atoms with E-state index >= 15 is 0 Å². The Morgan fingerprint density at radius 3 is 2.53 bits per heavy atom. The Labute approximate surface area is 178 Å². The predicted octanol–water partition coefficient (Wildman–Crippen LogP) is 3.28. The highest BCUT2D eigenvalue weighted by Gasteiger charge is 2.34. The van der Waals surface area contributed by atoms with Crippen LogP contribution in [-0.4, -0.2) is 41.7 Å². The van der Waals surface area contributed by atoms with E-state index in [0.717, 1.165) is 34.2 Å². The lowest BCUT2D eigenvalue weighted by Crippen LogP contribution is -2.32. The average Bonchev–Trinajstić information content (AvgIpc) is 2.97. The second-order valence-electron chi connectivity index (χ2n) is 6.77. The van der Waals surface area contributed by atoms with Gasteiger partial charge >= 0.3 is 0 Å². The molecule has 0 spiro atoms. The Hall–Kier alpha value is -3.26. The van der Waals surface area contributed by atoms with E-state index in [-0.39, 0.29) is 30.9 Å². The second kappa shape index (κ2) is 9.49. The minimum absolute atomic E-state index is 0.176. The molecule has 3 rings (SSSR count). The van der Waals surface area contributed by atoms with Crippen molar-refractivity contribution in [3.8, 4) is 11.5 Å². The van der Waals surface area contributed by atoms with Crippen LogP contribution in [0.3, 0.4) is 0 Å². The summed E-state index contributed by atoms with van der Waals surface area (Å²) in [5.74, 6) is 0.330. The van der Waals surface area contributed by atoms with Gasteiger partial charge < -0.3 is 15.2 Å². The largest absolute Gasteiger partial charge is 0.491 e. The van der Waals surface area contributed by atoms with Gasteiger partial charge in [0.1, 0.15) is 18.1 Å². The molecule has 156 valence electrons. The molecule has 30 heavy (non-hydrogen) atoms. The first-order valence-electron chi connectivity index (χ1n) is 9.30. The maximum atomic E-state index is 12.6. The molecule has 0 aliphatic carbocycles. The third-order valence-corrected chi connectivity index (χ3v) is 5.26. The molecule has 0 radical (unpaired) electrons. The zero-order chi connectivity index (χ0) is 21.7. The van der Waals surface area contributed by atoms with Crippen LogP contribution in [0.15, 0.2) is 47.4 Å². The van der Waals surface area contributed by atoms with Gasteiger partial charge in [0.15, 0.2) is 6.61 Å². The molecule has 0 unspecified atom stereocenters. The summed E-state index contributed by atoms with van der Waals surface area (Å²) in [6, 6.07) is 12.7. The van der Waals surface area contributed by atoms with E-state index in [4.69, 9.17) is 15.2 Å². The average molecular weight is 426 g/mol. The lowest BCUT2D eigenvalue weighted by molar-refractivity contribution is -0.123. The van der Waals surface area contributed by atoms with Crippen LogP contribution in [0.4, 0.5) is 4.79 Å². The maximum absolute atomic E-state index is 12.6. The van der Waals surface area contributed by atoms with Crippen molar-refractivity contribution in [1.29, 1.82) is 0 Å². The zero-order valence-electron chi connectivity index (χ0n) is 16.7. The molecule has 0 aromatic heterocycles. The number of aryl methyl sites for hydroxylation is 2. The van der Waals surface area contributed by atoms with Crippen molar-refractivity contribution in [3.63, 3.8) is 0 Å². The Bertz CT molecular complexity index is 1000. The Kier molecular flexibility index (Phi) is 6.79. The Balaban J connectivity index is 1.60. The molecule has 0 atom stereocenters. The molecule has 3 amide bonds. The van der Waals surface area contributed by atoms with Crippen LogP contribution in [-0.2, 0) is 9.59 Å². The summed E-state index contributed by atoms with van der Waals surface area (Å²) in [4.78, 5) is 37.2. The zero-order valence-corrected chi connectivity index (χ0v) is 17.5. The molecule has 7 nitrogen and oxygen atoms in total. The van der Waals surface area contributed by atoms with E-state index in [1.54, 1.807) is 30.3 Å². The molecule has 1 fully saturated rings. The number of carbonyl (C=O) groups excluding carboxylic acids is 3. The molecule has 2 N–H and O–H groups in total. The van der Waals surface area contributed by atoms with E-state index < -0.39 is 5.91 Å². The summed E-state index contributed by atoms with van der Waals surface area (Å²) in [6.45, 7) is 4.12. The van der Waals surface area contributed by atoms with Crippen LogP contribution in [0.2, 0.25) is 0 Å². The standard InChI is InChI=1S/C22H22N2O5S/c1-14-3-4-15(2)18(11-14)28-10-9-24-21(26)19(30-22(24)27)12-16-5-7-17(8-6-16)29-13-20(23)25/h3-8,11-12H,9-10,13H2,1-2H3,(H2,23,25)/b19-12-. The summed E-state index contributed by atoms with van der Waals surface area (Å²) in [7, 11) is 0. The van der Waals surface area contributed by atoms with E-state index in [1.165, 1.54) is 4.90 Å². The van der Waals surface area contributed by atoms with E-state index in [1.807, 2.05) is 32.0 Å². The highest BCUT2D eigenvalue weighted by Crippen LogP contribution is 2.32. The van der Waals surface area contributed by atoms with Gasteiger partial charge in [0, 0.05) is 0 Å². The normalized spacial score (nSPS) is 15.0. The highest BCUT2D eigenvalue weighted by atomic mass is 32.2. The van der Waals surface area contributed by atoms with Crippen LogP contribution in [0, 0.1) is 13.8 Å². The van der Waals surface area contributed by atoms with Crippen LogP contribution >= 0.6 is 11.8 Å². The number of thioether (sulfide) groups is 1. The van der Waals surface area contributed by atoms with Crippen LogP contribution < -0.4 is 15.2 Å². The predicted molar refractivity (Wildman–Crippen MR) is 115 cm³/mol. The monoisotopic (exact) mass is 426 g/mol. The summed E-state index contributed by atoms with van der Waals surface area (Å²) >= 11 is 0.897. The van der Waals surface area contributed by atoms with Gasteiger partial charge in [0.05, 0.1) is 11.4 Å². The van der Waals surface area contributed by atoms with Crippen molar-refractivity contribution < 1.29 is 23.9 Å². The molecule has 1 saturated heterocycles. The number of nitrogens with two attached hydrogens (primary N) is 1. The van der Waals surface area contributed by atoms with Crippen molar-refractivity contribution in [3.05, 3.63) is 64.1 Å². The Morgan fingerprint density at radius 2 is 1.83 bits per heavy atom. The third kappa shape index (κ3) is 5.42. The van der Waals surface area contributed by atoms with Crippen molar-refractivity contribution in [1.82, 2.24) is 4.90 Å². The summed E-state index contributed by atoms with van der Waals surface area (Å²) in [5, 5.41) is -0.322. The molecule has 8 heteroatoms. The molecule has 2 aromatic carbocycles. The van der Waals surface area contributed by atoms with Gasteiger partial charge in [0.2, 0.25) is 0 Å². The minimum Gasteiger partial charge on any atom is -0.491 e. The van der Waals surface area contributed by atoms with Crippen molar-refractivity contribution in [2.75, 3.05) is 19.8 Å². The van der Waals surface area contributed by atoms with Gasteiger partial charge in [-0.25, -0.2) is 0 Å². The van der Waals surface area contributed by atoms with Gasteiger partial charge in [-0.2, -0.15) is 0 Å². The van der Waals surface area contributed by atoms with E-state index in [2.05, 4.69) is 0 Å². The first kappa shape index (κ1) is 21.4. The van der Waals surface area contributed by atoms with Crippen LogP contribution in [0.25, 0.3) is 6.08 Å². The number of hydrogen-bond donors (Lipinski definition) is 1. The summed E-state index contributed by atoms with van der Waals surface area (Å²) in [6.07, 6.45) is 1.65. The molecule has 1 aliphatic heterocycles. The van der Waals surface area contributed by atoms with Crippen LogP contribution in [0.5, 0.6) is 11.5 Å². The van der Waals surface area contributed by atoms with Crippen molar-refractivity contribution in [2.24, 2.45) is 5.73 Å². The number of nitrogens with zero attached hydrogens (tertiary/aromatic N) is 1. The first-order valence-corrected chi connectivity index (χ1v) is 10.1. The van der Waals surface area contributed by atoms with E-state index in [9.17, 15) is 14.4 Å². The fourth-order valence-corrected chi connectivity index (χ4v) is 3.63. The number of carbonyl (C=O) groups is 3. The van der Waals surface area contributed by atoms with Gasteiger partial charge in [0.25, 0.3) is 17.1 Å². The molecule has 2 aromatic rings. The number of ether oxygens (including phenoxy) is 2. The molecule has 0 saturated carbocycles. The molecule has 0 bridgehead atoms. The number of hydrogen-bond acceptors (Lipinski definition) is 6. The van der Waals surface area contributed by atoms with E-state index in [0.29, 0.717) is 10.7 Å². The molecular weight excluding hydrogens is 404 g/mol. The fraction of sp³-hybridized carbons (Fsp3) is 0.227. The van der Waals surface area contributed by atoms with Gasteiger partial charge in [-0.1, -0.05) is 24.3 Å². The van der Waals surface area contributed by atoms with Gasteiger partial charge in [-0.3, -0.25) is 19.3 Å². The fourth-order valence-electron chi connectivity index (χ4n) is 2.77.